The molecule has 96 valence electrons. The molecule has 0 bridgehead atoms. The van der Waals surface area contributed by atoms with E-state index in [9.17, 15) is 0 Å². The fourth-order valence-electron chi connectivity index (χ4n) is 1.90. The molecule has 2 heterocycles. The Bertz CT molecular complexity index is 601. The molecule has 0 saturated heterocycles. The molecule has 2 rings (SSSR count). The van der Waals surface area contributed by atoms with E-state index in [1.807, 2.05) is 12.3 Å². The number of nitrogens with zero attached hydrogens (tertiary/aromatic N) is 3. The zero-order valence-corrected chi connectivity index (χ0v) is 11.1. The molecule has 0 spiro atoms. The van der Waals surface area contributed by atoms with Crippen molar-refractivity contribution in [2.24, 2.45) is 0 Å². The molecule has 4 nitrogen and oxygen atoms in total. The first kappa shape index (κ1) is 13.0. The van der Waals surface area contributed by atoms with Crippen LogP contribution in [-0.2, 0) is 6.42 Å². The van der Waals surface area contributed by atoms with Crippen molar-refractivity contribution in [3.05, 3.63) is 53.5 Å². The first-order valence-corrected chi connectivity index (χ1v) is 6.22. The maximum Gasteiger partial charge on any atom is 0.127 e. The highest BCUT2D eigenvalue weighted by Gasteiger charge is 2.07. The minimum atomic E-state index is 0.204. The summed E-state index contributed by atoms with van der Waals surface area (Å²) in [6.07, 6.45) is 4.27. The largest absolute Gasteiger partial charge is 0.367 e. The molecule has 0 radical (unpaired) electrons. The first-order valence-electron chi connectivity index (χ1n) is 6.22. The predicted octanol–water partition coefficient (Wildman–Crippen LogP) is 2.70. The van der Waals surface area contributed by atoms with Gasteiger partial charge in [-0.3, -0.25) is 4.98 Å². The minimum absolute atomic E-state index is 0.204. The molecule has 2 aromatic rings. The third-order valence-corrected chi connectivity index (χ3v) is 2.90. The van der Waals surface area contributed by atoms with Crippen LogP contribution in [0, 0.1) is 18.3 Å². The van der Waals surface area contributed by atoms with E-state index >= 15 is 0 Å². The lowest BCUT2D eigenvalue weighted by molar-refractivity contribution is 0.760. The Kier molecular flexibility index (Phi) is 4.09. The van der Waals surface area contributed by atoms with Gasteiger partial charge in [-0.2, -0.15) is 5.26 Å². The Morgan fingerprint density at radius 3 is 2.89 bits per heavy atom. The van der Waals surface area contributed by atoms with E-state index in [2.05, 4.69) is 41.3 Å². The van der Waals surface area contributed by atoms with Gasteiger partial charge in [-0.05, 0) is 37.6 Å². The number of aryl methyl sites for hydroxylation is 1. The lowest BCUT2D eigenvalue weighted by atomic mass is 10.1. The zero-order chi connectivity index (χ0) is 13.7. The number of hydrogen-bond donors (Lipinski definition) is 1. The summed E-state index contributed by atoms with van der Waals surface area (Å²) < 4.78 is 0. The summed E-state index contributed by atoms with van der Waals surface area (Å²) in [6.45, 7) is 4.14. The Labute approximate surface area is 113 Å². The molecule has 4 heteroatoms. The second-order valence-corrected chi connectivity index (χ2v) is 4.56. The van der Waals surface area contributed by atoms with Crippen LogP contribution in [0.25, 0.3) is 0 Å². The summed E-state index contributed by atoms with van der Waals surface area (Å²) in [5, 5.41) is 12.1. The third-order valence-electron chi connectivity index (χ3n) is 2.90. The van der Waals surface area contributed by atoms with Gasteiger partial charge < -0.3 is 5.32 Å². The van der Waals surface area contributed by atoms with Crippen LogP contribution < -0.4 is 5.32 Å². The van der Waals surface area contributed by atoms with Crippen molar-refractivity contribution >= 4 is 5.82 Å². The zero-order valence-electron chi connectivity index (χ0n) is 11.1. The van der Waals surface area contributed by atoms with Crippen LogP contribution in [0.3, 0.4) is 0 Å². The highest BCUT2D eigenvalue weighted by molar-refractivity contribution is 5.43. The van der Waals surface area contributed by atoms with Crippen LogP contribution in [0.5, 0.6) is 0 Å². The van der Waals surface area contributed by atoms with Gasteiger partial charge in [-0.1, -0.05) is 6.07 Å². The second kappa shape index (κ2) is 5.96. The van der Waals surface area contributed by atoms with E-state index in [4.69, 9.17) is 5.26 Å². The topological polar surface area (TPSA) is 61.6 Å². The molecule has 0 aliphatic carbocycles. The number of anilines is 1. The first-order chi connectivity index (χ1) is 9.19. The number of aromatic nitrogens is 2. The SMILES string of the molecule is Cc1cccnc1C[C@@H](C)Nc1cc(C#N)ccn1. The van der Waals surface area contributed by atoms with Crippen LogP contribution in [0.1, 0.15) is 23.7 Å². The van der Waals surface area contributed by atoms with E-state index in [-0.39, 0.29) is 6.04 Å². The molecular weight excluding hydrogens is 236 g/mol. The molecule has 19 heavy (non-hydrogen) atoms. The quantitative estimate of drug-likeness (QED) is 0.908. The average Bonchev–Trinajstić information content (AvgIpc) is 2.41. The van der Waals surface area contributed by atoms with E-state index in [0.717, 1.165) is 17.9 Å². The molecule has 0 unspecified atom stereocenters. The number of rotatable bonds is 4. The van der Waals surface area contributed by atoms with Gasteiger partial charge in [-0.25, -0.2) is 4.98 Å². The van der Waals surface area contributed by atoms with Crippen molar-refractivity contribution in [3.8, 4) is 6.07 Å². The second-order valence-electron chi connectivity index (χ2n) is 4.56. The Hall–Kier alpha value is -2.41. The van der Waals surface area contributed by atoms with Crippen molar-refractivity contribution in [2.75, 3.05) is 5.32 Å². The van der Waals surface area contributed by atoms with Crippen molar-refractivity contribution in [1.29, 1.82) is 5.26 Å². The number of hydrogen-bond acceptors (Lipinski definition) is 4. The maximum absolute atomic E-state index is 8.85. The van der Waals surface area contributed by atoms with Crippen molar-refractivity contribution in [1.82, 2.24) is 9.97 Å². The van der Waals surface area contributed by atoms with E-state index in [1.54, 1.807) is 18.3 Å². The van der Waals surface area contributed by atoms with Crippen LogP contribution >= 0.6 is 0 Å². The summed E-state index contributed by atoms with van der Waals surface area (Å²) in [5.41, 5.74) is 2.88. The molecule has 0 aliphatic rings. The fourth-order valence-corrected chi connectivity index (χ4v) is 1.90. The predicted molar refractivity (Wildman–Crippen MR) is 74.7 cm³/mol. The molecule has 0 saturated carbocycles. The lowest BCUT2D eigenvalue weighted by Gasteiger charge is -2.15. The normalized spacial score (nSPS) is 11.6. The summed E-state index contributed by atoms with van der Waals surface area (Å²) >= 11 is 0. The Morgan fingerprint density at radius 1 is 1.32 bits per heavy atom. The van der Waals surface area contributed by atoms with Gasteiger partial charge in [0.05, 0.1) is 11.6 Å². The summed E-state index contributed by atoms with van der Waals surface area (Å²) in [5.74, 6) is 0.722. The highest BCUT2D eigenvalue weighted by Crippen LogP contribution is 2.11. The van der Waals surface area contributed by atoms with E-state index < -0.39 is 0 Å². The molecular formula is C15H16N4. The third kappa shape index (κ3) is 3.52. The fraction of sp³-hybridized carbons (Fsp3) is 0.267. The van der Waals surface area contributed by atoms with Gasteiger partial charge >= 0.3 is 0 Å². The van der Waals surface area contributed by atoms with E-state index in [0.29, 0.717) is 5.56 Å². The Balaban J connectivity index is 2.03. The molecule has 0 aliphatic heterocycles. The summed E-state index contributed by atoms with van der Waals surface area (Å²) in [7, 11) is 0. The average molecular weight is 252 g/mol. The molecule has 0 fully saturated rings. The number of nitriles is 1. The van der Waals surface area contributed by atoms with Crippen molar-refractivity contribution < 1.29 is 0 Å². The molecule has 2 aromatic heterocycles. The maximum atomic E-state index is 8.85. The Morgan fingerprint density at radius 2 is 2.16 bits per heavy atom. The van der Waals surface area contributed by atoms with Crippen LogP contribution in [0.4, 0.5) is 5.82 Å². The number of pyridine rings is 2. The molecule has 1 atom stereocenters. The van der Waals surface area contributed by atoms with Gasteiger partial charge in [0.2, 0.25) is 0 Å². The summed E-state index contributed by atoms with van der Waals surface area (Å²) in [6, 6.07) is 9.75. The summed E-state index contributed by atoms with van der Waals surface area (Å²) in [4.78, 5) is 8.59. The number of nitrogens with one attached hydrogen (secondary N) is 1. The van der Waals surface area contributed by atoms with Gasteiger partial charge in [0, 0.05) is 30.6 Å². The molecule has 0 amide bonds. The van der Waals surface area contributed by atoms with E-state index in [1.165, 1.54) is 5.56 Å². The van der Waals surface area contributed by atoms with Gasteiger partial charge in [0.25, 0.3) is 0 Å². The minimum Gasteiger partial charge on any atom is -0.367 e. The standard InChI is InChI=1S/C15H16N4/c1-11-4-3-6-17-14(11)8-12(2)19-15-9-13(10-16)5-7-18-15/h3-7,9,12H,8H2,1-2H3,(H,18,19)/t12-/m1/s1. The van der Waals surface area contributed by atoms with Gasteiger partial charge in [-0.15, -0.1) is 0 Å². The smallest absolute Gasteiger partial charge is 0.127 e. The van der Waals surface area contributed by atoms with Crippen LogP contribution in [-0.4, -0.2) is 16.0 Å². The highest BCUT2D eigenvalue weighted by atomic mass is 15.0. The molecule has 1 N–H and O–H groups in total. The van der Waals surface area contributed by atoms with Crippen molar-refractivity contribution in [3.63, 3.8) is 0 Å². The monoisotopic (exact) mass is 252 g/mol. The molecule has 0 aromatic carbocycles. The van der Waals surface area contributed by atoms with Crippen molar-refractivity contribution in [2.45, 2.75) is 26.3 Å². The van der Waals surface area contributed by atoms with Crippen LogP contribution in [0.15, 0.2) is 36.7 Å². The van der Waals surface area contributed by atoms with Gasteiger partial charge in [0.1, 0.15) is 5.82 Å². The lowest BCUT2D eigenvalue weighted by Crippen LogP contribution is -2.20. The van der Waals surface area contributed by atoms with Gasteiger partial charge in [0.15, 0.2) is 0 Å². The van der Waals surface area contributed by atoms with Crippen LogP contribution in [0.2, 0.25) is 0 Å².